The molecular formula is C13H20Cl2O3. The van der Waals surface area contributed by atoms with E-state index in [-0.39, 0.29) is 17.9 Å². The van der Waals surface area contributed by atoms with Crippen molar-refractivity contribution in [2.24, 2.45) is 5.92 Å². The molecule has 1 atom stereocenters. The van der Waals surface area contributed by atoms with Gasteiger partial charge in [0, 0.05) is 19.6 Å². The van der Waals surface area contributed by atoms with Crippen LogP contribution in [-0.2, 0) is 11.3 Å². The first kappa shape index (κ1) is 17.5. The number of halogens is 2. The fourth-order valence-electron chi connectivity index (χ4n) is 1.18. The van der Waals surface area contributed by atoms with E-state index in [0.717, 1.165) is 11.3 Å². The van der Waals surface area contributed by atoms with Crippen LogP contribution in [0.25, 0.3) is 0 Å². The Morgan fingerprint density at radius 2 is 2.00 bits per heavy atom. The second-order valence-electron chi connectivity index (χ2n) is 3.78. The monoisotopic (exact) mass is 294 g/mol. The van der Waals surface area contributed by atoms with Crippen LogP contribution in [0.2, 0.25) is 0 Å². The molecule has 1 aromatic carbocycles. The Kier molecular flexibility index (Phi) is 11.3. The topological polar surface area (TPSA) is 38.7 Å². The summed E-state index contributed by atoms with van der Waals surface area (Å²) in [5.41, 5.74) is 1.09. The number of alkyl halides is 2. The average molecular weight is 295 g/mol. The highest BCUT2D eigenvalue weighted by Gasteiger charge is 2.01. The van der Waals surface area contributed by atoms with E-state index in [1.807, 2.05) is 31.2 Å². The normalized spacial score (nSPS) is 11.4. The van der Waals surface area contributed by atoms with Crippen molar-refractivity contribution in [3.8, 4) is 5.75 Å². The lowest BCUT2D eigenvalue weighted by atomic mass is 10.2. The number of ether oxygens (including phenoxy) is 2. The van der Waals surface area contributed by atoms with Gasteiger partial charge in [0.05, 0.1) is 18.6 Å². The van der Waals surface area contributed by atoms with Crippen molar-refractivity contribution in [1.29, 1.82) is 0 Å². The summed E-state index contributed by atoms with van der Waals surface area (Å²) < 4.78 is 10.6. The predicted molar refractivity (Wildman–Crippen MR) is 75.5 cm³/mol. The van der Waals surface area contributed by atoms with Crippen LogP contribution < -0.4 is 4.74 Å². The van der Waals surface area contributed by atoms with Gasteiger partial charge in [0.25, 0.3) is 0 Å². The lowest BCUT2D eigenvalue weighted by Crippen LogP contribution is -2.12. The first-order valence-corrected chi connectivity index (χ1v) is 6.68. The second kappa shape index (κ2) is 11.6. The fraction of sp³-hybridized carbons (Fsp3) is 0.538. The Bertz CT molecular complexity index is 308. The number of methoxy groups -OCH3 is 1. The Balaban J connectivity index is 0.000000873. The molecule has 0 bridgehead atoms. The molecule has 18 heavy (non-hydrogen) atoms. The molecule has 0 aliphatic carbocycles. The van der Waals surface area contributed by atoms with Crippen LogP contribution in [0.3, 0.4) is 0 Å². The average Bonchev–Trinajstić information content (AvgIpc) is 2.38. The lowest BCUT2D eigenvalue weighted by molar-refractivity contribution is 0.172. The fourth-order valence-corrected chi connectivity index (χ4v) is 1.18. The molecule has 0 aliphatic rings. The van der Waals surface area contributed by atoms with Gasteiger partial charge >= 0.3 is 0 Å². The molecule has 5 heteroatoms. The number of hydrogen-bond acceptors (Lipinski definition) is 3. The van der Waals surface area contributed by atoms with Gasteiger partial charge in [0.15, 0.2) is 0 Å². The van der Waals surface area contributed by atoms with E-state index >= 15 is 0 Å². The zero-order valence-electron chi connectivity index (χ0n) is 10.7. The van der Waals surface area contributed by atoms with Crippen LogP contribution in [0.1, 0.15) is 12.5 Å². The maximum Gasteiger partial charge on any atom is 0.119 e. The molecular weight excluding hydrogens is 275 g/mol. The number of aliphatic hydroxyl groups is 1. The molecule has 0 amide bonds. The van der Waals surface area contributed by atoms with Gasteiger partial charge in [0.1, 0.15) is 5.75 Å². The van der Waals surface area contributed by atoms with Crippen LogP contribution in [0.15, 0.2) is 24.3 Å². The molecule has 0 aliphatic heterocycles. The Morgan fingerprint density at radius 3 is 2.56 bits per heavy atom. The minimum atomic E-state index is 0.151. The molecule has 1 unspecified atom stereocenters. The van der Waals surface area contributed by atoms with Crippen LogP contribution in [0.4, 0.5) is 0 Å². The first-order chi connectivity index (χ1) is 8.67. The van der Waals surface area contributed by atoms with Crippen molar-refractivity contribution in [2.45, 2.75) is 13.5 Å². The summed E-state index contributed by atoms with van der Waals surface area (Å²) in [6, 6.07) is 7.79. The summed E-state index contributed by atoms with van der Waals surface area (Å²) in [5.74, 6) is 0.987. The molecule has 0 heterocycles. The molecule has 3 nitrogen and oxygen atoms in total. The van der Waals surface area contributed by atoms with Gasteiger partial charge in [-0.1, -0.05) is 19.1 Å². The molecule has 1 rings (SSSR count). The summed E-state index contributed by atoms with van der Waals surface area (Å²) in [4.78, 5) is 0. The Hall–Kier alpha value is -0.480. The molecule has 0 saturated heterocycles. The highest BCUT2D eigenvalue weighted by atomic mass is 35.5. The Morgan fingerprint density at radius 1 is 1.33 bits per heavy atom. The van der Waals surface area contributed by atoms with E-state index in [1.165, 1.54) is 0 Å². The number of benzene rings is 1. The molecule has 1 aromatic rings. The zero-order valence-corrected chi connectivity index (χ0v) is 12.2. The third-order valence-corrected chi connectivity index (χ3v) is 2.06. The highest BCUT2D eigenvalue weighted by Crippen LogP contribution is 2.14. The van der Waals surface area contributed by atoms with E-state index in [0.29, 0.717) is 13.2 Å². The van der Waals surface area contributed by atoms with Crippen LogP contribution >= 0.6 is 23.2 Å². The van der Waals surface area contributed by atoms with Gasteiger partial charge in [-0.05, 0) is 17.7 Å². The van der Waals surface area contributed by atoms with Gasteiger partial charge in [-0.25, -0.2) is 0 Å². The molecule has 0 saturated carbocycles. The molecule has 104 valence electrons. The van der Waals surface area contributed by atoms with E-state index in [9.17, 15) is 0 Å². The van der Waals surface area contributed by atoms with Crippen molar-refractivity contribution in [2.75, 3.05) is 25.7 Å². The minimum Gasteiger partial charge on any atom is -0.493 e. The van der Waals surface area contributed by atoms with E-state index < -0.39 is 0 Å². The van der Waals surface area contributed by atoms with Gasteiger partial charge in [-0.2, -0.15) is 0 Å². The van der Waals surface area contributed by atoms with Crippen LogP contribution in [0, 0.1) is 5.92 Å². The van der Waals surface area contributed by atoms with Gasteiger partial charge in [-0.15, -0.1) is 23.2 Å². The number of aliphatic hydroxyl groups excluding tert-OH is 1. The van der Waals surface area contributed by atoms with Crippen molar-refractivity contribution >= 4 is 23.2 Å². The molecule has 0 fully saturated rings. The summed E-state index contributed by atoms with van der Waals surface area (Å²) in [5, 5.41) is 9.05. The third-order valence-electron chi connectivity index (χ3n) is 2.06. The molecule has 1 N–H and O–H groups in total. The Labute approximate surface area is 119 Å². The van der Waals surface area contributed by atoms with Crippen molar-refractivity contribution in [1.82, 2.24) is 0 Å². The number of rotatable bonds is 6. The quantitative estimate of drug-likeness (QED) is 0.819. The molecule has 0 spiro atoms. The molecule has 0 radical (unpaired) electrons. The highest BCUT2D eigenvalue weighted by molar-refractivity contribution is 6.40. The summed E-state index contributed by atoms with van der Waals surface area (Å²) in [6.07, 6.45) is 0. The largest absolute Gasteiger partial charge is 0.493 e. The predicted octanol–water partition coefficient (Wildman–Crippen LogP) is 3.26. The van der Waals surface area contributed by atoms with Gasteiger partial charge in [-0.3, -0.25) is 0 Å². The van der Waals surface area contributed by atoms with Gasteiger partial charge in [0.2, 0.25) is 0 Å². The van der Waals surface area contributed by atoms with E-state index in [4.69, 9.17) is 37.8 Å². The smallest absolute Gasteiger partial charge is 0.119 e. The van der Waals surface area contributed by atoms with Crippen molar-refractivity contribution in [3.63, 3.8) is 0 Å². The summed E-state index contributed by atoms with van der Waals surface area (Å²) in [6.45, 7) is 3.22. The summed E-state index contributed by atoms with van der Waals surface area (Å²) in [7, 11) is 1.67. The first-order valence-electron chi connectivity index (χ1n) is 5.61. The van der Waals surface area contributed by atoms with Crippen molar-refractivity contribution in [3.05, 3.63) is 29.8 Å². The zero-order chi connectivity index (χ0) is 13.8. The maximum atomic E-state index is 8.85. The maximum absolute atomic E-state index is 8.85. The standard InChI is InChI=1S/C12H18O3.CH2Cl2/c1-10(7-13)8-15-12-5-3-4-11(6-12)9-14-2;2-1-3/h3-6,10,13H,7-9H2,1-2H3;1H2. The SMILES string of the molecule is COCc1cccc(OCC(C)CO)c1.ClCCl. The van der Waals surface area contributed by atoms with E-state index in [1.54, 1.807) is 7.11 Å². The van der Waals surface area contributed by atoms with E-state index in [2.05, 4.69) is 0 Å². The third kappa shape index (κ3) is 8.59. The lowest BCUT2D eigenvalue weighted by Gasteiger charge is -2.11. The minimum absolute atomic E-state index is 0.151. The van der Waals surface area contributed by atoms with Crippen LogP contribution in [-0.4, -0.2) is 30.8 Å². The molecule has 0 aromatic heterocycles. The van der Waals surface area contributed by atoms with Gasteiger partial charge < -0.3 is 14.6 Å². The number of hydrogen-bond donors (Lipinski definition) is 1. The second-order valence-corrected chi connectivity index (χ2v) is 4.59. The van der Waals surface area contributed by atoms with Crippen molar-refractivity contribution < 1.29 is 14.6 Å². The summed E-state index contributed by atoms with van der Waals surface area (Å²) >= 11 is 9.53. The van der Waals surface area contributed by atoms with Crippen LogP contribution in [0.5, 0.6) is 5.75 Å².